The van der Waals surface area contributed by atoms with Crippen LogP contribution in [0.15, 0.2) is 59.1 Å². The minimum Gasteiger partial charge on any atom is -0.490 e. The van der Waals surface area contributed by atoms with Crippen LogP contribution < -0.4 is 10.1 Å². The molecular formula is C17H17BrNO2. The lowest BCUT2D eigenvalue weighted by Crippen LogP contribution is -2.14. The molecule has 0 atom stereocenters. The highest BCUT2D eigenvalue weighted by atomic mass is 79.9. The molecule has 109 valence electrons. The van der Waals surface area contributed by atoms with Gasteiger partial charge in [0.15, 0.2) is 0 Å². The molecule has 0 aliphatic carbocycles. The second kappa shape index (κ2) is 8.62. The van der Waals surface area contributed by atoms with Gasteiger partial charge in [-0.15, -0.1) is 0 Å². The summed E-state index contributed by atoms with van der Waals surface area (Å²) >= 11 is 3.43. The summed E-state index contributed by atoms with van der Waals surface area (Å²) < 4.78 is 6.72. The van der Waals surface area contributed by atoms with E-state index in [9.17, 15) is 0 Å². The summed E-state index contributed by atoms with van der Waals surface area (Å²) in [6, 6.07) is 17.0. The van der Waals surface area contributed by atoms with Crippen LogP contribution in [0.1, 0.15) is 0 Å². The number of rotatable bonds is 7. The van der Waals surface area contributed by atoms with E-state index in [0.29, 0.717) is 13.2 Å². The van der Waals surface area contributed by atoms with Crippen LogP contribution in [-0.4, -0.2) is 25.0 Å². The van der Waals surface area contributed by atoms with Crippen molar-refractivity contribution < 1.29 is 9.84 Å². The summed E-state index contributed by atoms with van der Waals surface area (Å²) in [5.41, 5.74) is 2.11. The standard InChI is InChI=1S/C17H17BrNO2/c18-16-8-6-14(7-9-16)15-4-3-5-17(12-15)21-11-2-1-10-19-13-20/h1-3,5-9,12,19-20H,10-11,13H2/b2-1+. The zero-order chi connectivity index (χ0) is 14.9. The van der Waals surface area contributed by atoms with Crippen LogP contribution >= 0.6 is 15.9 Å². The zero-order valence-electron chi connectivity index (χ0n) is 11.6. The van der Waals surface area contributed by atoms with Crippen LogP contribution in [-0.2, 0) is 0 Å². The first kappa shape index (κ1) is 15.8. The van der Waals surface area contributed by atoms with E-state index < -0.39 is 0 Å². The third-order valence-corrected chi connectivity index (χ3v) is 3.34. The summed E-state index contributed by atoms with van der Waals surface area (Å²) in [6.07, 6.45) is 3.83. The van der Waals surface area contributed by atoms with Crippen LogP contribution in [0.5, 0.6) is 5.75 Å². The monoisotopic (exact) mass is 346 g/mol. The van der Waals surface area contributed by atoms with E-state index in [4.69, 9.17) is 9.84 Å². The number of hydrogen-bond acceptors (Lipinski definition) is 3. The molecule has 0 aliphatic heterocycles. The SMILES string of the molecule is OCNC/C=C/COc1cc[c]c(-c2ccc(Br)cc2)c1. The molecule has 2 N–H and O–H groups in total. The van der Waals surface area contributed by atoms with Gasteiger partial charge in [-0.1, -0.05) is 46.3 Å². The minimum atomic E-state index is -0.0176. The van der Waals surface area contributed by atoms with Crippen LogP contribution in [0.4, 0.5) is 0 Å². The maximum Gasteiger partial charge on any atom is 0.120 e. The maximum absolute atomic E-state index is 8.57. The number of hydrogen-bond donors (Lipinski definition) is 2. The molecule has 1 radical (unpaired) electrons. The molecule has 0 spiro atoms. The first-order chi connectivity index (χ1) is 10.3. The quantitative estimate of drug-likeness (QED) is 0.458. The van der Waals surface area contributed by atoms with Gasteiger partial charge in [0, 0.05) is 11.0 Å². The first-order valence-electron chi connectivity index (χ1n) is 6.66. The molecule has 0 bridgehead atoms. The molecule has 0 unspecified atom stereocenters. The fourth-order valence-corrected chi connectivity index (χ4v) is 2.04. The molecule has 2 rings (SSSR count). The van der Waals surface area contributed by atoms with Gasteiger partial charge in [-0.05, 0) is 41.5 Å². The van der Waals surface area contributed by atoms with Crippen molar-refractivity contribution in [2.75, 3.05) is 19.9 Å². The fraction of sp³-hybridized carbons (Fsp3) is 0.176. The lowest BCUT2D eigenvalue weighted by atomic mass is 10.1. The Morgan fingerprint density at radius 2 is 2.00 bits per heavy atom. The molecule has 2 aromatic carbocycles. The van der Waals surface area contributed by atoms with Crippen LogP contribution in [0, 0.1) is 6.07 Å². The van der Waals surface area contributed by atoms with Gasteiger partial charge in [-0.25, -0.2) is 0 Å². The van der Waals surface area contributed by atoms with Crippen molar-refractivity contribution in [1.82, 2.24) is 5.32 Å². The van der Waals surface area contributed by atoms with Gasteiger partial charge in [0.25, 0.3) is 0 Å². The highest BCUT2D eigenvalue weighted by molar-refractivity contribution is 9.10. The van der Waals surface area contributed by atoms with Crippen LogP contribution in [0.3, 0.4) is 0 Å². The summed E-state index contributed by atoms with van der Waals surface area (Å²) in [4.78, 5) is 0. The largest absolute Gasteiger partial charge is 0.490 e. The molecule has 3 nitrogen and oxygen atoms in total. The summed E-state index contributed by atoms with van der Waals surface area (Å²) in [7, 11) is 0. The molecule has 2 aromatic rings. The van der Waals surface area contributed by atoms with Gasteiger partial charge in [-0.3, -0.25) is 5.32 Å². The van der Waals surface area contributed by atoms with E-state index in [1.165, 1.54) is 0 Å². The van der Waals surface area contributed by atoms with Gasteiger partial charge in [0.1, 0.15) is 12.4 Å². The van der Waals surface area contributed by atoms with Gasteiger partial charge >= 0.3 is 0 Å². The van der Waals surface area contributed by atoms with E-state index in [1.807, 2.05) is 54.6 Å². The predicted molar refractivity (Wildman–Crippen MR) is 88.1 cm³/mol. The van der Waals surface area contributed by atoms with Crippen LogP contribution in [0.25, 0.3) is 11.1 Å². The minimum absolute atomic E-state index is 0.0176. The predicted octanol–water partition coefficient (Wildman–Crippen LogP) is 3.39. The summed E-state index contributed by atoms with van der Waals surface area (Å²) in [6.45, 7) is 1.11. The highest BCUT2D eigenvalue weighted by Crippen LogP contribution is 2.24. The number of aliphatic hydroxyl groups is 1. The lowest BCUT2D eigenvalue weighted by Gasteiger charge is -2.06. The molecule has 0 aliphatic rings. The molecule has 0 saturated heterocycles. The number of halogens is 1. The smallest absolute Gasteiger partial charge is 0.120 e. The van der Waals surface area contributed by atoms with E-state index in [-0.39, 0.29) is 6.73 Å². The van der Waals surface area contributed by atoms with Crippen molar-refractivity contribution >= 4 is 15.9 Å². The molecule has 0 saturated carbocycles. The van der Waals surface area contributed by atoms with Gasteiger partial charge < -0.3 is 9.84 Å². The van der Waals surface area contributed by atoms with E-state index >= 15 is 0 Å². The second-order valence-corrected chi connectivity index (χ2v) is 5.26. The van der Waals surface area contributed by atoms with Crippen molar-refractivity contribution in [1.29, 1.82) is 0 Å². The number of ether oxygens (including phenoxy) is 1. The van der Waals surface area contributed by atoms with Crippen molar-refractivity contribution in [3.05, 3.63) is 65.2 Å². The Bertz CT molecular complexity index is 582. The number of benzene rings is 2. The average Bonchev–Trinajstić information content (AvgIpc) is 2.52. The van der Waals surface area contributed by atoms with Gasteiger partial charge in [0.2, 0.25) is 0 Å². The van der Waals surface area contributed by atoms with Crippen molar-refractivity contribution in [3.63, 3.8) is 0 Å². The highest BCUT2D eigenvalue weighted by Gasteiger charge is 2.00. The molecule has 21 heavy (non-hydrogen) atoms. The maximum atomic E-state index is 8.57. The molecule has 0 fully saturated rings. The molecule has 0 amide bonds. The molecule has 4 heteroatoms. The molecule has 0 aromatic heterocycles. The normalized spacial score (nSPS) is 11.0. The van der Waals surface area contributed by atoms with E-state index in [1.54, 1.807) is 0 Å². The van der Waals surface area contributed by atoms with E-state index in [2.05, 4.69) is 27.3 Å². The second-order valence-electron chi connectivity index (χ2n) is 4.34. The van der Waals surface area contributed by atoms with Crippen LogP contribution in [0.2, 0.25) is 0 Å². The van der Waals surface area contributed by atoms with Gasteiger partial charge in [0.05, 0.1) is 6.73 Å². The Balaban J connectivity index is 1.95. The Morgan fingerprint density at radius 3 is 2.76 bits per heavy atom. The zero-order valence-corrected chi connectivity index (χ0v) is 13.1. The molecule has 0 heterocycles. The van der Waals surface area contributed by atoms with Crippen molar-refractivity contribution in [3.8, 4) is 16.9 Å². The van der Waals surface area contributed by atoms with Gasteiger partial charge in [-0.2, -0.15) is 0 Å². The topological polar surface area (TPSA) is 41.5 Å². The summed E-state index contributed by atoms with van der Waals surface area (Å²) in [5, 5.41) is 11.4. The van der Waals surface area contributed by atoms with E-state index in [0.717, 1.165) is 21.3 Å². The lowest BCUT2D eigenvalue weighted by molar-refractivity contribution is 0.267. The Kier molecular flexibility index (Phi) is 6.47. The number of aliphatic hydroxyl groups excluding tert-OH is 1. The Morgan fingerprint density at radius 1 is 1.19 bits per heavy atom. The number of nitrogens with one attached hydrogen (secondary N) is 1. The third kappa shape index (κ3) is 5.34. The van der Waals surface area contributed by atoms with Crippen molar-refractivity contribution in [2.45, 2.75) is 0 Å². The summed E-state index contributed by atoms with van der Waals surface area (Å²) in [5.74, 6) is 0.812. The fourth-order valence-electron chi connectivity index (χ4n) is 1.78. The Labute approximate surface area is 133 Å². The third-order valence-electron chi connectivity index (χ3n) is 2.82. The Hall–Kier alpha value is -1.62. The average molecular weight is 347 g/mol. The molecular weight excluding hydrogens is 330 g/mol. The van der Waals surface area contributed by atoms with Crippen molar-refractivity contribution in [2.24, 2.45) is 0 Å². The first-order valence-corrected chi connectivity index (χ1v) is 7.46.